The van der Waals surface area contributed by atoms with Gasteiger partial charge in [0.15, 0.2) is 17.5 Å². The average molecular weight is 445 g/mol. The SMILES string of the molecule is CCNC(=NCC(C)(C)c1ccc(OC)c(OC)c1)NC1CCN(C(=O)C2CCCC2)C1. The molecular weight excluding hydrogens is 404 g/mol. The number of benzene rings is 1. The minimum Gasteiger partial charge on any atom is -0.493 e. The highest BCUT2D eigenvalue weighted by Gasteiger charge is 2.32. The number of hydrogen-bond acceptors (Lipinski definition) is 4. The second-order valence-corrected chi connectivity index (χ2v) is 9.54. The lowest BCUT2D eigenvalue weighted by atomic mass is 9.84. The van der Waals surface area contributed by atoms with Gasteiger partial charge >= 0.3 is 0 Å². The first kappa shape index (κ1) is 24.2. The van der Waals surface area contributed by atoms with Crippen molar-refractivity contribution in [2.45, 2.75) is 64.3 Å². The Morgan fingerprint density at radius 1 is 1.16 bits per heavy atom. The van der Waals surface area contributed by atoms with Gasteiger partial charge in [-0.3, -0.25) is 9.79 Å². The molecule has 1 amide bonds. The molecular formula is C25H40N4O3. The molecule has 0 spiro atoms. The fourth-order valence-electron chi connectivity index (χ4n) is 4.65. The minimum absolute atomic E-state index is 0.179. The first-order valence-corrected chi connectivity index (χ1v) is 11.9. The van der Waals surface area contributed by atoms with Crippen molar-refractivity contribution in [1.82, 2.24) is 15.5 Å². The summed E-state index contributed by atoms with van der Waals surface area (Å²) in [4.78, 5) is 19.7. The van der Waals surface area contributed by atoms with Crippen LogP contribution in [0.3, 0.4) is 0 Å². The smallest absolute Gasteiger partial charge is 0.225 e. The van der Waals surface area contributed by atoms with Gasteiger partial charge in [0.25, 0.3) is 0 Å². The molecule has 7 heteroatoms. The maximum atomic E-state index is 12.7. The number of amides is 1. The Labute approximate surface area is 192 Å². The average Bonchev–Trinajstić information content (AvgIpc) is 3.49. The van der Waals surface area contributed by atoms with Crippen LogP contribution in [0.15, 0.2) is 23.2 Å². The standard InChI is InChI=1S/C25H40N4O3/c1-6-26-24(28-20-13-14-29(16-20)23(30)18-9-7-8-10-18)27-17-25(2,3)19-11-12-21(31-4)22(15-19)32-5/h11-12,15,18,20H,6-10,13-14,16-17H2,1-5H3,(H2,26,27,28). The molecule has 1 unspecified atom stereocenters. The van der Waals surface area contributed by atoms with Gasteiger partial charge in [0.2, 0.25) is 5.91 Å². The summed E-state index contributed by atoms with van der Waals surface area (Å²) in [6, 6.07) is 6.28. The topological polar surface area (TPSA) is 75.2 Å². The van der Waals surface area contributed by atoms with E-state index in [0.29, 0.717) is 12.5 Å². The van der Waals surface area contributed by atoms with Crippen LogP contribution in [0.4, 0.5) is 0 Å². The number of hydrogen-bond donors (Lipinski definition) is 2. The fraction of sp³-hybridized carbons (Fsp3) is 0.680. The third kappa shape index (κ3) is 5.87. The molecule has 1 aliphatic carbocycles. The predicted octanol–water partition coefficient (Wildman–Crippen LogP) is 3.33. The van der Waals surface area contributed by atoms with Crippen molar-refractivity contribution in [2.75, 3.05) is 40.4 Å². The second kappa shape index (κ2) is 10.9. The van der Waals surface area contributed by atoms with Crippen molar-refractivity contribution in [1.29, 1.82) is 0 Å². The number of methoxy groups -OCH3 is 2. The molecule has 2 N–H and O–H groups in total. The van der Waals surface area contributed by atoms with E-state index in [1.54, 1.807) is 14.2 Å². The maximum absolute atomic E-state index is 12.7. The maximum Gasteiger partial charge on any atom is 0.225 e. The lowest BCUT2D eigenvalue weighted by Crippen LogP contribution is -2.46. The van der Waals surface area contributed by atoms with Crippen LogP contribution >= 0.6 is 0 Å². The molecule has 1 saturated carbocycles. The lowest BCUT2D eigenvalue weighted by molar-refractivity contribution is -0.134. The number of guanidine groups is 1. The molecule has 1 saturated heterocycles. The second-order valence-electron chi connectivity index (χ2n) is 9.54. The predicted molar refractivity (Wildman–Crippen MR) is 129 cm³/mol. The quantitative estimate of drug-likeness (QED) is 0.475. The summed E-state index contributed by atoms with van der Waals surface area (Å²) in [7, 11) is 3.30. The van der Waals surface area contributed by atoms with E-state index in [2.05, 4.69) is 37.5 Å². The number of likely N-dealkylation sites (tertiary alicyclic amines) is 1. The number of ether oxygens (including phenoxy) is 2. The molecule has 1 aliphatic heterocycles. The number of aliphatic imine (C=N–C) groups is 1. The highest BCUT2D eigenvalue weighted by molar-refractivity contribution is 5.81. The number of carbonyl (C=O) groups excluding carboxylic acids is 1. The zero-order valence-corrected chi connectivity index (χ0v) is 20.4. The molecule has 1 aromatic carbocycles. The van der Waals surface area contributed by atoms with E-state index in [1.165, 1.54) is 12.8 Å². The van der Waals surface area contributed by atoms with Crippen LogP contribution in [0, 0.1) is 5.92 Å². The van der Waals surface area contributed by atoms with Crippen molar-refractivity contribution in [2.24, 2.45) is 10.9 Å². The number of nitrogens with one attached hydrogen (secondary N) is 2. The highest BCUT2D eigenvalue weighted by Crippen LogP contribution is 2.33. The normalized spacial score (nSPS) is 19.8. The van der Waals surface area contributed by atoms with Gasteiger partial charge in [-0.15, -0.1) is 0 Å². The largest absolute Gasteiger partial charge is 0.493 e. The molecule has 0 bridgehead atoms. The number of rotatable bonds is 8. The molecule has 3 rings (SSSR count). The Hall–Kier alpha value is -2.44. The van der Waals surface area contributed by atoms with Crippen molar-refractivity contribution >= 4 is 11.9 Å². The van der Waals surface area contributed by atoms with Gasteiger partial charge in [0.1, 0.15) is 0 Å². The molecule has 2 aliphatic rings. The third-order valence-corrected chi connectivity index (χ3v) is 6.69. The molecule has 178 valence electrons. The number of nitrogens with zero attached hydrogens (tertiary/aromatic N) is 2. The molecule has 32 heavy (non-hydrogen) atoms. The zero-order chi connectivity index (χ0) is 23.1. The fourth-order valence-corrected chi connectivity index (χ4v) is 4.65. The Bertz CT molecular complexity index is 802. The summed E-state index contributed by atoms with van der Waals surface area (Å²) in [5.41, 5.74) is 0.964. The molecule has 1 aromatic rings. The Morgan fingerprint density at radius 2 is 1.88 bits per heavy atom. The van der Waals surface area contributed by atoms with Gasteiger partial charge in [-0.25, -0.2) is 0 Å². The van der Waals surface area contributed by atoms with Crippen LogP contribution in [0.5, 0.6) is 11.5 Å². The van der Waals surface area contributed by atoms with E-state index < -0.39 is 0 Å². The van der Waals surface area contributed by atoms with Crippen LogP contribution in [0.2, 0.25) is 0 Å². The van der Waals surface area contributed by atoms with Crippen LogP contribution in [-0.2, 0) is 10.2 Å². The Balaban J connectivity index is 1.62. The van der Waals surface area contributed by atoms with Crippen molar-refractivity contribution < 1.29 is 14.3 Å². The molecule has 1 atom stereocenters. The highest BCUT2D eigenvalue weighted by atomic mass is 16.5. The summed E-state index contributed by atoms with van der Waals surface area (Å²) in [5.74, 6) is 2.86. The van der Waals surface area contributed by atoms with Crippen LogP contribution in [0.1, 0.15) is 58.4 Å². The minimum atomic E-state index is -0.179. The molecule has 7 nitrogen and oxygen atoms in total. The first-order valence-electron chi connectivity index (χ1n) is 11.9. The van der Waals surface area contributed by atoms with Crippen LogP contribution in [0.25, 0.3) is 0 Å². The van der Waals surface area contributed by atoms with Gasteiger partial charge in [0.05, 0.1) is 20.8 Å². The third-order valence-electron chi connectivity index (χ3n) is 6.69. The summed E-state index contributed by atoms with van der Waals surface area (Å²) >= 11 is 0. The van der Waals surface area contributed by atoms with Gasteiger partial charge in [-0.2, -0.15) is 0 Å². The first-order chi connectivity index (χ1) is 15.4. The monoisotopic (exact) mass is 444 g/mol. The number of carbonyl (C=O) groups is 1. The Morgan fingerprint density at radius 3 is 2.53 bits per heavy atom. The van der Waals surface area contributed by atoms with Crippen molar-refractivity contribution in [3.63, 3.8) is 0 Å². The van der Waals surface area contributed by atoms with Crippen LogP contribution < -0.4 is 20.1 Å². The van der Waals surface area contributed by atoms with Gasteiger partial charge in [-0.05, 0) is 43.9 Å². The summed E-state index contributed by atoms with van der Waals surface area (Å²) in [6.07, 6.45) is 5.46. The molecule has 0 aromatic heterocycles. The molecule has 2 fully saturated rings. The molecule has 0 radical (unpaired) electrons. The summed E-state index contributed by atoms with van der Waals surface area (Å²) < 4.78 is 10.8. The summed E-state index contributed by atoms with van der Waals surface area (Å²) in [6.45, 7) is 9.44. The van der Waals surface area contributed by atoms with Crippen molar-refractivity contribution in [3.8, 4) is 11.5 Å². The van der Waals surface area contributed by atoms with E-state index in [9.17, 15) is 4.79 Å². The zero-order valence-electron chi connectivity index (χ0n) is 20.4. The van der Waals surface area contributed by atoms with Gasteiger partial charge < -0.3 is 25.0 Å². The van der Waals surface area contributed by atoms with Crippen LogP contribution in [-0.4, -0.2) is 63.2 Å². The summed E-state index contributed by atoms with van der Waals surface area (Å²) in [5, 5.41) is 6.92. The lowest BCUT2D eigenvalue weighted by Gasteiger charge is -2.25. The van der Waals surface area contributed by atoms with E-state index in [0.717, 1.165) is 61.9 Å². The van der Waals surface area contributed by atoms with Gasteiger partial charge in [-0.1, -0.05) is 32.8 Å². The van der Waals surface area contributed by atoms with E-state index in [-0.39, 0.29) is 17.4 Å². The Kier molecular flexibility index (Phi) is 8.26. The van der Waals surface area contributed by atoms with E-state index in [4.69, 9.17) is 14.5 Å². The van der Waals surface area contributed by atoms with E-state index in [1.807, 2.05) is 17.0 Å². The molecule has 1 heterocycles. The van der Waals surface area contributed by atoms with Crippen molar-refractivity contribution in [3.05, 3.63) is 23.8 Å². The van der Waals surface area contributed by atoms with Gasteiger partial charge in [0, 0.05) is 37.0 Å². The van der Waals surface area contributed by atoms with E-state index >= 15 is 0 Å².